The summed E-state index contributed by atoms with van der Waals surface area (Å²) in [5, 5.41) is 0. The predicted octanol–water partition coefficient (Wildman–Crippen LogP) is 2.55. The third-order valence-electron chi connectivity index (χ3n) is 1.93. The summed E-state index contributed by atoms with van der Waals surface area (Å²) in [6, 6.07) is 5.17. The second-order valence-electron chi connectivity index (χ2n) is 4.14. The maximum Gasteiger partial charge on any atom is 0.422 e. The number of anilines is 1. The van der Waals surface area contributed by atoms with E-state index in [9.17, 15) is 13.2 Å². The van der Waals surface area contributed by atoms with Gasteiger partial charge >= 0.3 is 16.3 Å². The number of carbonyl (C=O) groups excluding carboxylic acids is 1. The van der Waals surface area contributed by atoms with Crippen LogP contribution in [0.15, 0.2) is 22.7 Å². The van der Waals surface area contributed by atoms with Crippen LogP contribution < -0.4 is 9.44 Å². The molecule has 0 aromatic heterocycles. The van der Waals surface area contributed by atoms with E-state index in [1.165, 1.54) is 0 Å². The van der Waals surface area contributed by atoms with Gasteiger partial charge in [0.05, 0.1) is 11.8 Å². The van der Waals surface area contributed by atoms with Crippen LogP contribution in [0.5, 0.6) is 0 Å². The molecular weight excluding hydrogens is 336 g/mol. The number of halogens is 1. The molecule has 0 radical (unpaired) electrons. The molecule has 0 spiro atoms. The zero-order chi connectivity index (χ0) is 14.6. The van der Waals surface area contributed by atoms with E-state index in [0.29, 0.717) is 10.2 Å². The van der Waals surface area contributed by atoms with E-state index in [4.69, 9.17) is 4.74 Å². The second-order valence-corrected chi connectivity index (χ2v) is 6.41. The molecule has 1 rings (SSSR count). The van der Waals surface area contributed by atoms with Crippen molar-refractivity contribution in [1.82, 2.24) is 4.72 Å². The van der Waals surface area contributed by atoms with Crippen LogP contribution in [0.25, 0.3) is 0 Å². The minimum atomic E-state index is -4.02. The molecule has 1 aromatic rings. The third-order valence-corrected chi connectivity index (χ3v) is 3.54. The minimum Gasteiger partial charge on any atom is -0.446 e. The van der Waals surface area contributed by atoms with Crippen LogP contribution in [0.1, 0.15) is 19.4 Å². The van der Waals surface area contributed by atoms with Crippen LogP contribution in [-0.2, 0) is 14.9 Å². The summed E-state index contributed by atoms with van der Waals surface area (Å²) in [6.45, 7) is 5.07. The van der Waals surface area contributed by atoms with Crippen LogP contribution in [0.4, 0.5) is 10.5 Å². The molecule has 0 aliphatic carbocycles. The number of hydrogen-bond acceptors (Lipinski definition) is 4. The first kappa shape index (κ1) is 15.8. The number of carbonyl (C=O) groups is 1. The third kappa shape index (κ3) is 5.48. The van der Waals surface area contributed by atoms with Gasteiger partial charge in [-0.05, 0) is 54.4 Å². The molecule has 0 atom stereocenters. The van der Waals surface area contributed by atoms with Crippen LogP contribution in [0, 0.1) is 6.92 Å². The lowest BCUT2D eigenvalue weighted by molar-refractivity contribution is 0.121. The highest BCUT2D eigenvalue weighted by atomic mass is 79.9. The maximum atomic E-state index is 11.7. The SMILES string of the molecule is Cc1ccc(Br)c(NS(=O)(=O)NC(=O)OC(C)C)c1. The standard InChI is InChI=1S/C11H15BrN2O4S/c1-7(2)18-11(15)14-19(16,17)13-10-6-8(3)4-5-9(10)12/h4-7,13H,1-3H3,(H,14,15). The van der Waals surface area contributed by atoms with E-state index >= 15 is 0 Å². The van der Waals surface area contributed by atoms with E-state index in [2.05, 4.69) is 20.7 Å². The number of aryl methyl sites for hydroxylation is 1. The molecule has 6 nitrogen and oxygen atoms in total. The van der Waals surface area contributed by atoms with Crippen molar-refractivity contribution in [3.63, 3.8) is 0 Å². The minimum absolute atomic E-state index is 0.338. The van der Waals surface area contributed by atoms with Crippen molar-refractivity contribution in [3.05, 3.63) is 28.2 Å². The van der Waals surface area contributed by atoms with Gasteiger partial charge in [0, 0.05) is 4.47 Å². The first-order valence-corrected chi connectivity index (χ1v) is 7.74. The number of hydrogen-bond donors (Lipinski definition) is 2. The molecular formula is C11H15BrN2O4S. The van der Waals surface area contributed by atoms with Crippen molar-refractivity contribution in [3.8, 4) is 0 Å². The van der Waals surface area contributed by atoms with Crippen LogP contribution >= 0.6 is 15.9 Å². The predicted molar refractivity (Wildman–Crippen MR) is 76.2 cm³/mol. The van der Waals surface area contributed by atoms with E-state index in [1.54, 1.807) is 30.7 Å². The number of amides is 1. The lowest BCUT2D eigenvalue weighted by Gasteiger charge is -2.12. The number of benzene rings is 1. The van der Waals surface area contributed by atoms with Crippen molar-refractivity contribution in [1.29, 1.82) is 0 Å². The van der Waals surface area contributed by atoms with Crippen LogP contribution in [0.2, 0.25) is 0 Å². The molecule has 8 heteroatoms. The van der Waals surface area contributed by atoms with Crippen molar-refractivity contribution in [2.45, 2.75) is 26.9 Å². The highest BCUT2D eigenvalue weighted by molar-refractivity contribution is 9.10. The lowest BCUT2D eigenvalue weighted by atomic mass is 10.2. The summed E-state index contributed by atoms with van der Waals surface area (Å²) < 4.78 is 32.7. The molecule has 0 bridgehead atoms. The average Bonchev–Trinajstić information content (AvgIpc) is 2.20. The molecule has 0 unspecified atom stereocenters. The lowest BCUT2D eigenvalue weighted by Crippen LogP contribution is -2.36. The van der Waals surface area contributed by atoms with E-state index in [-0.39, 0.29) is 0 Å². The van der Waals surface area contributed by atoms with Gasteiger partial charge in [-0.15, -0.1) is 0 Å². The second kappa shape index (κ2) is 6.25. The molecule has 106 valence electrons. The van der Waals surface area contributed by atoms with Gasteiger partial charge in [-0.3, -0.25) is 4.72 Å². The topological polar surface area (TPSA) is 84.5 Å². The van der Waals surface area contributed by atoms with Gasteiger partial charge in [-0.2, -0.15) is 8.42 Å². The highest BCUT2D eigenvalue weighted by Gasteiger charge is 2.17. The molecule has 0 fully saturated rings. The van der Waals surface area contributed by atoms with Crippen molar-refractivity contribution < 1.29 is 17.9 Å². The fraction of sp³-hybridized carbons (Fsp3) is 0.364. The zero-order valence-corrected chi connectivity index (χ0v) is 13.1. The normalized spacial score (nSPS) is 11.2. The van der Waals surface area contributed by atoms with Gasteiger partial charge < -0.3 is 4.74 Å². The van der Waals surface area contributed by atoms with Gasteiger partial charge in [-0.25, -0.2) is 9.52 Å². The summed E-state index contributed by atoms with van der Waals surface area (Å²) in [6.07, 6.45) is -1.42. The summed E-state index contributed by atoms with van der Waals surface area (Å²) in [4.78, 5) is 11.2. The first-order valence-electron chi connectivity index (χ1n) is 5.47. The van der Waals surface area contributed by atoms with Gasteiger partial charge in [0.15, 0.2) is 0 Å². The Labute approximate surface area is 120 Å². The molecule has 1 amide bonds. The monoisotopic (exact) mass is 350 g/mol. The number of ether oxygens (including phenoxy) is 1. The zero-order valence-electron chi connectivity index (χ0n) is 10.7. The molecule has 1 aromatic carbocycles. The summed E-state index contributed by atoms with van der Waals surface area (Å²) in [7, 11) is -4.02. The Morgan fingerprint density at radius 3 is 2.58 bits per heavy atom. The van der Waals surface area contributed by atoms with Crippen LogP contribution in [0.3, 0.4) is 0 Å². The molecule has 0 heterocycles. The number of nitrogens with one attached hydrogen (secondary N) is 2. The van der Waals surface area contributed by atoms with Crippen molar-refractivity contribution in [2.24, 2.45) is 0 Å². The highest BCUT2D eigenvalue weighted by Crippen LogP contribution is 2.23. The largest absolute Gasteiger partial charge is 0.446 e. The van der Waals surface area contributed by atoms with Crippen LogP contribution in [-0.4, -0.2) is 20.6 Å². The summed E-state index contributed by atoms with van der Waals surface area (Å²) in [5.74, 6) is 0. The van der Waals surface area contributed by atoms with Crippen molar-refractivity contribution >= 4 is 37.9 Å². The Morgan fingerprint density at radius 2 is 2.00 bits per heavy atom. The molecule has 0 aliphatic heterocycles. The Balaban J connectivity index is 2.80. The van der Waals surface area contributed by atoms with E-state index < -0.39 is 22.4 Å². The van der Waals surface area contributed by atoms with Gasteiger partial charge in [0.1, 0.15) is 0 Å². The van der Waals surface area contributed by atoms with E-state index in [1.807, 2.05) is 13.0 Å². The summed E-state index contributed by atoms with van der Waals surface area (Å²) in [5.41, 5.74) is 1.22. The Morgan fingerprint density at radius 1 is 1.37 bits per heavy atom. The Hall–Kier alpha value is -1.28. The molecule has 0 saturated carbocycles. The molecule has 19 heavy (non-hydrogen) atoms. The summed E-state index contributed by atoms with van der Waals surface area (Å²) >= 11 is 3.22. The average molecular weight is 351 g/mol. The quantitative estimate of drug-likeness (QED) is 0.873. The first-order chi connectivity index (χ1) is 8.69. The van der Waals surface area contributed by atoms with Crippen molar-refractivity contribution in [2.75, 3.05) is 4.72 Å². The molecule has 2 N–H and O–H groups in total. The van der Waals surface area contributed by atoms with Gasteiger partial charge in [0.2, 0.25) is 0 Å². The molecule has 0 aliphatic rings. The van der Waals surface area contributed by atoms with Gasteiger partial charge in [-0.1, -0.05) is 6.07 Å². The fourth-order valence-electron chi connectivity index (χ4n) is 1.24. The number of rotatable bonds is 4. The Kier molecular flexibility index (Phi) is 5.19. The maximum absolute atomic E-state index is 11.7. The molecule has 0 saturated heterocycles. The fourth-order valence-corrected chi connectivity index (χ4v) is 2.49. The van der Waals surface area contributed by atoms with E-state index in [0.717, 1.165) is 5.56 Å². The smallest absolute Gasteiger partial charge is 0.422 e. The Bertz CT molecular complexity index is 572. The van der Waals surface area contributed by atoms with Gasteiger partial charge in [0.25, 0.3) is 0 Å².